The highest BCUT2D eigenvalue weighted by Crippen LogP contribution is 2.23. The van der Waals surface area contributed by atoms with Crippen molar-refractivity contribution in [1.82, 2.24) is 4.90 Å². The molecule has 0 saturated carbocycles. The van der Waals surface area contributed by atoms with Crippen LogP contribution in [0.3, 0.4) is 0 Å². The molecule has 0 radical (unpaired) electrons. The van der Waals surface area contributed by atoms with Gasteiger partial charge < -0.3 is 10.2 Å². The number of para-hydroxylation sites is 1. The third-order valence-corrected chi connectivity index (χ3v) is 3.96. The van der Waals surface area contributed by atoms with E-state index in [1.807, 2.05) is 18.2 Å². The van der Waals surface area contributed by atoms with E-state index in [1.165, 1.54) is 24.8 Å². The molecule has 1 aromatic rings. The SMILES string of the molecule is CC(C)c1ccccc1NC(=O)CCN1CCCCC1. The molecule has 3 nitrogen and oxygen atoms in total. The summed E-state index contributed by atoms with van der Waals surface area (Å²) >= 11 is 0. The monoisotopic (exact) mass is 274 g/mol. The van der Waals surface area contributed by atoms with Gasteiger partial charge in [-0.15, -0.1) is 0 Å². The third kappa shape index (κ3) is 4.34. The van der Waals surface area contributed by atoms with E-state index in [2.05, 4.69) is 30.1 Å². The van der Waals surface area contributed by atoms with E-state index >= 15 is 0 Å². The molecule has 20 heavy (non-hydrogen) atoms. The summed E-state index contributed by atoms with van der Waals surface area (Å²) in [6.45, 7) is 7.48. The molecule has 1 saturated heterocycles. The molecule has 0 aliphatic carbocycles. The summed E-state index contributed by atoms with van der Waals surface area (Å²) in [6.07, 6.45) is 4.48. The maximum atomic E-state index is 12.1. The van der Waals surface area contributed by atoms with E-state index in [0.717, 1.165) is 25.3 Å². The number of carbonyl (C=O) groups excluding carboxylic acids is 1. The van der Waals surface area contributed by atoms with Crippen molar-refractivity contribution >= 4 is 11.6 Å². The van der Waals surface area contributed by atoms with Crippen LogP contribution >= 0.6 is 0 Å². The van der Waals surface area contributed by atoms with E-state index in [9.17, 15) is 4.79 Å². The minimum Gasteiger partial charge on any atom is -0.326 e. The molecular formula is C17H26N2O. The van der Waals surface area contributed by atoms with Crippen molar-refractivity contribution in [2.45, 2.75) is 45.4 Å². The highest BCUT2D eigenvalue weighted by molar-refractivity contribution is 5.91. The van der Waals surface area contributed by atoms with Crippen LogP contribution in [0.15, 0.2) is 24.3 Å². The lowest BCUT2D eigenvalue weighted by atomic mass is 10.0. The van der Waals surface area contributed by atoms with Crippen LogP contribution in [-0.2, 0) is 4.79 Å². The average Bonchev–Trinajstić information content (AvgIpc) is 2.46. The van der Waals surface area contributed by atoms with Crippen LogP contribution in [-0.4, -0.2) is 30.4 Å². The Kier molecular flexibility index (Phi) is 5.60. The number of piperidine rings is 1. The van der Waals surface area contributed by atoms with Gasteiger partial charge in [-0.3, -0.25) is 4.79 Å². The van der Waals surface area contributed by atoms with Gasteiger partial charge in [0.1, 0.15) is 0 Å². The Balaban J connectivity index is 1.85. The quantitative estimate of drug-likeness (QED) is 0.889. The Morgan fingerprint density at radius 1 is 1.20 bits per heavy atom. The van der Waals surface area contributed by atoms with Gasteiger partial charge in [-0.05, 0) is 43.5 Å². The Hall–Kier alpha value is -1.35. The standard InChI is InChI=1S/C17H26N2O/c1-14(2)15-8-4-5-9-16(15)18-17(20)10-13-19-11-6-3-7-12-19/h4-5,8-9,14H,3,6-7,10-13H2,1-2H3,(H,18,20). The maximum absolute atomic E-state index is 12.1. The van der Waals surface area contributed by atoms with Crippen molar-refractivity contribution < 1.29 is 4.79 Å². The number of likely N-dealkylation sites (tertiary alicyclic amines) is 1. The molecule has 0 bridgehead atoms. The van der Waals surface area contributed by atoms with E-state index in [4.69, 9.17) is 0 Å². The molecule has 0 spiro atoms. The fraction of sp³-hybridized carbons (Fsp3) is 0.588. The first-order chi connectivity index (χ1) is 9.66. The number of rotatable bonds is 5. The van der Waals surface area contributed by atoms with Crippen LogP contribution in [0.5, 0.6) is 0 Å². The zero-order chi connectivity index (χ0) is 14.4. The summed E-state index contributed by atoms with van der Waals surface area (Å²) in [5, 5.41) is 3.07. The largest absolute Gasteiger partial charge is 0.326 e. The van der Waals surface area contributed by atoms with E-state index < -0.39 is 0 Å². The molecule has 0 atom stereocenters. The predicted molar refractivity (Wildman–Crippen MR) is 84.1 cm³/mol. The van der Waals surface area contributed by atoms with Crippen molar-refractivity contribution in [3.8, 4) is 0 Å². The third-order valence-electron chi connectivity index (χ3n) is 3.96. The Bertz CT molecular complexity index is 436. The number of nitrogens with zero attached hydrogens (tertiary/aromatic N) is 1. The summed E-state index contributed by atoms with van der Waals surface area (Å²) in [4.78, 5) is 14.5. The lowest BCUT2D eigenvalue weighted by molar-refractivity contribution is -0.116. The lowest BCUT2D eigenvalue weighted by Crippen LogP contribution is -2.32. The Morgan fingerprint density at radius 2 is 1.90 bits per heavy atom. The summed E-state index contributed by atoms with van der Waals surface area (Å²) in [5.74, 6) is 0.553. The normalized spacial score (nSPS) is 16.4. The molecule has 2 rings (SSSR count). The van der Waals surface area contributed by atoms with Crippen LogP contribution in [0.1, 0.15) is 51.0 Å². The second kappa shape index (κ2) is 7.44. The van der Waals surface area contributed by atoms with E-state index in [1.54, 1.807) is 0 Å². The summed E-state index contributed by atoms with van der Waals surface area (Å²) < 4.78 is 0. The van der Waals surface area contributed by atoms with Crippen molar-refractivity contribution in [2.24, 2.45) is 0 Å². The summed E-state index contributed by atoms with van der Waals surface area (Å²) in [7, 11) is 0. The number of anilines is 1. The molecule has 0 unspecified atom stereocenters. The first kappa shape index (κ1) is 15.0. The molecule has 1 amide bonds. The van der Waals surface area contributed by atoms with Gasteiger partial charge in [0, 0.05) is 18.7 Å². The number of carbonyl (C=O) groups is 1. The molecule has 3 heteroatoms. The van der Waals surface area contributed by atoms with Gasteiger partial charge in [0.15, 0.2) is 0 Å². The van der Waals surface area contributed by atoms with Gasteiger partial charge >= 0.3 is 0 Å². The van der Waals surface area contributed by atoms with Crippen LogP contribution in [0.4, 0.5) is 5.69 Å². The molecule has 0 aromatic heterocycles. The molecule has 110 valence electrons. The van der Waals surface area contributed by atoms with Crippen molar-refractivity contribution in [2.75, 3.05) is 25.0 Å². The average molecular weight is 274 g/mol. The van der Waals surface area contributed by atoms with Gasteiger partial charge in [0.05, 0.1) is 0 Å². The second-order valence-electron chi connectivity index (χ2n) is 5.94. The van der Waals surface area contributed by atoms with Gasteiger partial charge in [0.2, 0.25) is 5.91 Å². The zero-order valence-electron chi connectivity index (χ0n) is 12.7. The topological polar surface area (TPSA) is 32.3 Å². The van der Waals surface area contributed by atoms with Crippen LogP contribution in [0.25, 0.3) is 0 Å². The fourth-order valence-electron chi connectivity index (χ4n) is 2.77. The molecule has 1 heterocycles. The summed E-state index contributed by atoms with van der Waals surface area (Å²) in [5.41, 5.74) is 2.17. The molecule has 1 aromatic carbocycles. The minimum absolute atomic E-state index is 0.128. The summed E-state index contributed by atoms with van der Waals surface area (Å²) in [6, 6.07) is 8.09. The highest BCUT2D eigenvalue weighted by atomic mass is 16.1. The first-order valence-corrected chi connectivity index (χ1v) is 7.78. The van der Waals surface area contributed by atoms with Crippen LogP contribution < -0.4 is 5.32 Å². The van der Waals surface area contributed by atoms with Gasteiger partial charge in [-0.1, -0.05) is 38.5 Å². The smallest absolute Gasteiger partial charge is 0.225 e. The maximum Gasteiger partial charge on any atom is 0.225 e. The lowest BCUT2D eigenvalue weighted by Gasteiger charge is -2.26. The fourth-order valence-corrected chi connectivity index (χ4v) is 2.77. The highest BCUT2D eigenvalue weighted by Gasteiger charge is 2.13. The molecular weight excluding hydrogens is 248 g/mol. The Morgan fingerprint density at radius 3 is 2.60 bits per heavy atom. The van der Waals surface area contributed by atoms with Crippen molar-refractivity contribution in [3.63, 3.8) is 0 Å². The van der Waals surface area contributed by atoms with Crippen molar-refractivity contribution in [1.29, 1.82) is 0 Å². The van der Waals surface area contributed by atoms with Gasteiger partial charge in [-0.2, -0.15) is 0 Å². The second-order valence-corrected chi connectivity index (χ2v) is 5.94. The Labute approximate surface area is 122 Å². The number of nitrogens with one attached hydrogen (secondary N) is 1. The van der Waals surface area contributed by atoms with Crippen LogP contribution in [0, 0.1) is 0 Å². The van der Waals surface area contributed by atoms with Gasteiger partial charge in [0.25, 0.3) is 0 Å². The van der Waals surface area contributed by atoms with E-state index in [-0.39, 0.29) is 5.91 Å². The van der Waals surface area contributed by atoms with Crippen LogP contribution in [0.2, 0.25) is 0 Å². The number of hydrogen-bond donors (Lipinski definition) is 1. The number of amides is 1. The molecule has 1 aliphatic rings. The minimum atomic E-state index is 0.128. The van der Waals surface area contributed by atoms with Gasteiger partial charge in [-0.25, -0.2) is 0 Å². The molecule has 1 aliphatic heterocycles. The molecule has 1 N–H and O–H groups in total. The number of hydrogen-bond acceptors (Lipinski definition) is 2. The molecule has 1 fully saturated rings. The van der Waals surface area contributed by atoms with E-state index in [0.29, 0.717) is 12.3 Å². The zero-order valence-corrected chi connectivity index (χ0v) is 12.7. The first-order valence-electron chi connectivity index (χ1n) is 7.78. The predicted octanol–water partition coefficient (Wildman–Crippen LogP) is 3.62. The number of benzene rings is 1. The van der Waals surface area contributed by atoms with Crippen molar-refractivity contribution in [3.05, 3.63) is 29.8 Å².